The molecule has 0 aliphatic carbocycles. The number of anilines is 2. The normalized spacial score (nSPS) is 18.8. The molecule has 2 aliphatic rings. The Balaban J connectivity index is 1.30. The van der Waals surface area contributed by atoms with Gasteiger partial charge in [0.05, 0.1) is 25.9 Å². The van der Waals surface area contributed by atoms with Crippen molar-refractivity contribution in [2.75, 3.05) is 56.7 Å². The number of piperazine rings is 1. The molecule has 3 amide bonds. The third-order valence-electron chi connectivity index (χ3n) is 5.83. The molecule has 0 radical (unpaired) electrons. The highest BCUT2D eigenvalue weighted by Crippen LogP contribution is 2.28. The Hall–Kier alpha value is -3.42. The van der Waals surface area contributed by atoms with Gasteiger partial charge in [0.2, 0.25) is 5.91 Å². The molecular formula is C23H28N4O4. The molecule has 0 spiro atoms. The zero-order valence-corrected chi connectivity index (χ0v) is 17.9. The van der Waals surface area contributed by atoms with E-state index in [-0.39, 0.29) is 18.0 Å². The van der Waals surface area contributed by atoms with Crippen molar-refractivity contribution in [2.24, 2.45) is 0 Å². The summed E-state index contributed by atoms with van der Waals surface area (Å²) in [6.07, 6.45) is 0.305. The van der Waals surface area contributed by atoms with Gasteiger partial charge in [-0.15, -0.1) is 0 Å². The highest BCUT2D eigenvalue weighted by molar-refractivity contribution is 5.96. The van der Waals surface area contributed by atoms with Crippen LogP contribution in [0.4, 0.5) is 16.2 Å². The number of methoxy groups -OCH3 is 2. The summed E-state index contributed by atoms with van der Waals surface area (Å²) >= 11 is 0. The Morgan fingerprint density at radius 3 is 2.35 bits per heavy atom. The van der Waals surface area contributed by atoms with E-state index in [1.165, 1.54) is 0 Å². The molecule has 2 heterocycles. The van der Waals surface area contributed by atoms with Crippen molar-refractivity contribution in [2.45, 2.75) is 12.5 Å². The van der Waals surface area contributed by atoms with Crippen molar-refractivity contribution in [1.82, 2.24) is 10.2 Å². The van der Waals surface area contributed by atoms with Gasteiger partial charge >= 0.3 is 6.03 Å². The smallest absolute Gasteiger partial charge is 0.317 e. The minimum absolute atomic E-state index is 0.0106. The topological polar surface area (TPSA) is 74.3 Å². The van der Waals surface area contributed by atoms with Crippen LogP contribution in [-0.4, -0.2) is 69.8 Å². The van der Waals surface area contributed by atoms with Gasteiger partial charge in [0.1, 0.15) is 11.5 Å². The van der Waals surface area contributed by atoms with Crippen LogP contribution in [0.15, 0.2) is 48.5 Å². The Labute approximate surface area is 182 Å². The van der Waals surface area contributed by atoms with E-state index < -0.39 is 0 Å². The fraction of sp³-hybridized carbons (Fsp3) is 0.391. The lowest BCUT2D eigenvalue weighted by Crippen LogP contribution is -2.54. The van der Waals surface area contributed by atoms with Crippen molar-refractivity contribution in [1.29, 1.82) is 0 Å². The molecule has 31 heavy (non-hydrogen) atoms. The van der Waals surface area contributed by atoms with E-state index >= 15 is 0 Å². The molecule has 2 fully saturated rings. The van der Waals surface area contributed by atoms with E-state index in [0.29, 0.717) is 26.1 Å². The molecule has 2 aliphatic heterocycles. The molecule has 0 aromatic heterocycles. The number of carbonyl (C=O) groups is 2. The maximum absolute atomic E-state index is 12.8. The standard InChI is InChI=1S/C23H28N4O4/c1-30-19-9-7-18(8-10-19)27-16-17(15-22(27)28)24-23(29)26-13-11-25(12-14-26)20-5-3-4-6-21(20)31-2/h3-10,17H,11-16H2,1-2H3,(H,24,29)/t17-/m0/s1. The second kappa shape index (κ2) is 9.16. The first kappa shape index (κ1) is 20.8. The molecule has 1 N–H and O–H groups in total. The van der Waals surface area contributed by atoms with Crippen LogP contribution in [0.3, 0.4) is 0 Å². The summed E-state index contributed by atoms with van der Waals surface area (Å²) in [6, 6.07) is 15.0. The SMILES string of the molecule is COc1ccc(N2C[C@@H](NC(=O)N3CCN(c4ccccc4OC)CC3)CC2=O)cc1. The Morgan fingerprint density at radius 2 is 1.68 bits per heavy atom. The molecule has 164 valence electrons. The van der Waals surface area contributed by atoms with Crippen molar-refractivity contribution < 1.29 is 19.1 Å². The molecule has 4 rings (SSSR count). The molecular weight excluding hydrogens is 396 g/mol. The third kappa shape index (κ3) is 4.52. The molecule has 2 saturated heterocycles. The zero-order valence-electron chi connectivity index (χ0n) is 17.9. The van der Waals surface area contributed by atoms with Crippen molar-refractivity contribution >= 4 is 23.3 Å². The number of hydrogen-bond donors (Lipinski definition) is 1. The second-order valence-electron chi connectivity index (χ2n) is 7.70. The van der Waals surface area contributed by atoms with Gasteiger partial charge in [-0.2, -0.15) is 0 Å². The minimum atomic E-state index is -0.200. The number of carbonyl (C=O) groups excluding carboxylic acids is 2. The number of hydrogen-bond acceptors (Lipinski definition) is 5. The summed E-state index contributed by atoms with van der Waals surface area (Å²) in [6.45, 7) is 3.17. The lowest BCUT2D eigenvalue weighted by Gasteiger charge is -2.37. The highest BCUT2D eigenvalue weighted by Gasteiger charge is 2.33. The maximum atomic E-state index is 12.8. The molecule has 0 bridgehead atoms. The van der Waals surface area contributed by atoms with Crippen molar-refractivity contribution in [3.05, 3.63) is 48.5 Å². The molecule has 2 aromatic carbocycles. The summed E-state index contributed by atoms with van der Waals surface area (Å²) in [5, 5.41) is 3.04. The van der Waals surface area contributed by atoms with Gasteiger partial charge in [-0.3, -0.25) is 4.79 Å². The van der Waals surface area contributed by atoms with Gasteiger partial charge < -0.3 is 29.5 Å². The van der Waals surface area contributed by atoms with Crippen LogP contribution >= 0.6 is 0 Å². The summed E-state index contributed by atoms with van der Waals surface area (Å²) in [5.41, 5.74) is 1.86. The lowest BCUT2D eigenvalue weighted by atomic mass is 10.2. The van der Waals surface area contributed by atoms with Crippen LogP contribution in [-0.2, 0) is 4.79 Å². The molecule has 0 saturated carbocycles. The molecule has 1 atom stereocenters. The van der Waals surface area contributed by atoms with Gasteiger partial charge in [0, 0.05) is 44.8 Å². The van der Waals surface area contributed by atoms with Crippen LogP contribution in [0.1, 0.15) is 6.42 Å². The number of rotatable bonds is 5. The predicted octanol–water partition coefficient (Wildman–Crippen LogP) is 2.34. The van der Waals surface area contributed by atoms with Crippen LogP contribution in [0.5, 0.6) is 11.5 Å². The van der Waals surface area contributed by atoms with Gasteiger partial charge in [0.15, 0.2) is 0 Å². The Bertz CT molecular complexity index is 925. The molecule has 2 aromatic rings. The predicted molar refractivity (Wildman–Crippen MR) is 119 cm³/mol. The van der Waals surface area contributed by atoms with Gasteiger partial charge in [-0.05, 0) is 36.4 Å². The summed E-state index contributed by atoms with van der Waals surface area (Å²) in [7, 11) is 3.28. The first-order valence-electron chi connectivity index (χ1n) is 10.5. The summed E-state index contributed by atoms with van der Waals surface area (Å²) < 4.78 is 10.6. The number of ether oxygens (including phenoxy) is 2. The average molecular weight is 425 g/mol. The second-order valence-corrected chi connectivity index (χ2v) is 7.70. The first-order chi connectivity index (χ1) is 15.1. The Morgan fingerprint density at radius 1 is 0.968 bits per heavy atom. The van der Waals surface area contributed by atoms with Gasteiger partial charge in [-0.25, -0.2) is 4.79 Å². The van der Waals surface area contributed by atoms with E-state index in [9.17, 15) is 9.59 Å². The Kier molecular flexibility index (Phi) is 6.16. The van der Waals surface area contributed by atoms with E-state index in [2.05, 4.69) is 10.2 Å². The highest BCUT2D eigenvalue weighted by atomic mass is 16.5. The monoisotopic (exact) mass is 424 g/mol. The van der Waals surface area contributed by atoms with Crippen LogP contribution in [0, 0.1) is 0 Å². The number of urea groups is 1. The number of para-hydroxylation sites is 2. The number of nitrogens with one attached hydrogen (secondary N) is 1. The van der Waals surface area contributed by atoms with Crippen LogP contribution in [0.2, 0.25) is 0 Å². The average Bonchev–Trinajstić information content (AvgIpc) is 3.18. The maximum Gasteiger partial charge on any atom is 0.317 e. The lowest BCUT2D eigenvalue weighted by molar-refractivity contribution is -0.117. The van der Waals surface area contributed by atoms with Crippen LogP contribution < -0.4 is 24.6 Å². The minimum Gasteiger partial charge on any atom is -0.497 e. The largest absolute Gasteiger partial charge is 0.497 e. The number of nitrogens with zero attached hydrogens (tertiary/aromatic N) is 3. The van der Waals surface area contributed by atoms with Crippen molar-refractivity contribution in [3.8, 4) is 11.5 Å². The molecule has 0 unspecified atom stereocenters. The van der Waals surface area contributed by atoms with Crippen LogP contribution in [0.25, 0.3) is 0 Å². The number of benzene rings is 2. The first-order valence-corrected chi connectivity index (χ1v) is 10.5. The summed E-state index contributed by atoms with van der Waals surface area (Å²) in [4.78, 5) is 31.0. The quantitative estimate of drug-likeness (QED) is 0.798. The van der Waals surface area contributed by atoms with E-state index in [4.69, 9.17) is 9.47 Å². The third-order valence-corrected chi connectivity index (χ3v) is 5.83. The summed E-state index contributed by atoms with van der Waals surface area (Å²) in [5.74, 6) is 1.59. The molecule has 8 heteroatoms. The van der Waals surface area contributed by atoms with Gasteiger partial charge in [-0.1, -0.05) is 12.1 Å². The van der Waals surface area contributed by atoms with E-state index in [1.807, 2.05) is 53.4 Å². The fourth-order valence-electron chi connectivity index (χ4n) is 4.12. The molecule has 8 nitrogen and oxygen atoms in total. The van der Waals surface area contributed by atoms with Gasteiger partial charge in [0.25, 0.3) is 0 Å². The van der Waals surface area contributed by atoms with E-state index in [1.54, 1.807) is 19.1 Å². The number of amides is 3. The fourth-order valence-corrected chi connectivity index (χ4v) is 4.12. The van der Waals surface area contributed by atoms with E-state index in [0.717, 1.165) is 36.0 Å². The van der Waals surface area contributed by atoms with Crippen molar-refractivity contribution in [3.63, 3.8) is 0 Å². The zero-order chi connectivity index (χ0) is 21.8.